The van der Waals surface area contributed by atoms with Gasteiger partial charge in [-0.15, -0.1) is 0 Å². The number of nitrogens with one attached hydrogen (secondary N) is 1. The predicted molar refractivity (Wildman–Crippen MR) is 104 cm³/mol. The number of allylic oxidation sites excluding steroid dienone is 2. The molecule has 2 aromatic rings. The average molecular weight is 394 g/mol. The number of aromatic amines is 1. The number of halogens is 3. The van der Waals surface area contributed by atoms with Gasteiger partial charge in [-0.1, -0.05) is 12.1 Å². The van der Waals surface area contributed by atoms with Crippen LogP contribution in [0.15, 0.2) is 46.1 Å². The summed E-state index contributed by atoms with van der Waals surface area (Å²) >= 11 is 0. The highest BCUT2D eigenvalue weighted by atomic mass is 19.4. The molecule has 0 atom stereocenters. The summed E-state index contributed by atoms with van der Waals surface area (Å²) in [5, 5.41) is 18.5. The molecule has 3 rings (SSSR count). The summed E-state index contributed by atoms with van der Waals surface area (Å²) in [6, 6.07) is 10.7. The third-order valence-corrected chi connectivity index (χ3v) is 4.99. The number of alkyl halides is 3. The largest absolute Gasteiger partial charge is 0.418 e. The van der Waals surface area contributed by atoms with Crippen LogP contribution >= 0.6 is 0 Å². The number of benzene rings is 1. The quantitative estimate of drug-likeness (QED) is 0.731. The molecule has 2 heterocycles. The van der Waals surface area contributed by atoms with E-state index in [2.05, 4.69) is 16.0 Å². The van der Waals surface area contributed by atoms with Crippen LogP contribution in [0.25, 0.3) is 5.57 Å². The Morgan fingerprint density at radius 3 is 2.07 bits per heavy atom. The Kier molecular flexibility index (Phi) is 4.94. The fourth-order valence-electron chi connectivity index (χ4n) is 3.64. The molecular weight excluding hydrogens is 377 g/mol. The highest BCUT2D eigenvalue weighted by molar-refractivity contribution is 6.06. The number of nitrogens with zero attached hydrogens (tertiary/aromatic N) is 3. The van der Waals surface area contributed by atoms with Crippen LogP contribution in [-0.2, 0) is 0 Å². The van der Waals surface area contributed by atoms with Gasteiger partial charge in [-0.2, -0.15) is 23.7 Å². The van der Waals surface area contributed by atoms with Crippen LogP contribution in [0.3, 0.4) is 0 Å². The molecule has 0 bridgehead atoms. The number of aryl methyl sites for hydroxylation is 1. The van der Waals surface area contributed by atoms with Crippen LogP contribution in [0.1, 0.15) is 47.5 Å². The van der Waals surface area contributed by atoms with E-state index in [1.54, 1.807) is 38.1 Å². The molecule has 7 heteroatoms. The molecule has 146 valence electrons. The molecule has 0 aliphatic carbocycles. The van der Waals surface area contributed by atoms with Gasteiger partial charge in [0.05, 0.1) is 39.9 Å². The molecule has 1 N–H and O–H groups in total. The van der Waals surface area contributed by atoms with Crippen molar-refractivity contribution in [3.8, 4) is 12.1 Å². The van der Waals surface area contributed by atoms with Crippen molar-refractivity contribution in [2.45, 2.75) is 33.9 Å². The zero-order valence-corrected chi connectivity index (χ0v) is 16.3. The van der Waals surface area contributed by atoms with E-state index >= 15 is 0 Å². The number of rotatable bonds is 2. The molecule has 4 nitrogen and oxygen atoms in total. The average Bonchev–Trinajstić information content (AvgIpc) is 3.11. The summed E-state index contributed by atoms with van der Waals surface area (Å²) in [5.74, 6) is 0. The molecule has 0 radical (unpaired) electrons. The van der Waals surface area contributed by atoms with Gasteiger partial charge in [0.25, 0.3) is 0 Å². The van der Waals surface area contributed by atoms with Gasteiger partial charge in [0.1, 0.15) is 6.07 Å². The SMILES string of the molecule is CC1=N/C(=C(/c2ccc(C#N)cc2)c2[nH]c(C)c(C#N)c2C)C(C)=C1C(F)(F)F. The minimum Gasteiger partial charge on any atom is -0.357 e. The Labute approximate surface area is 166 Å². The van der Waals surface area contributed by atoms with Gasteiger partial charge in [-0.25, -0.2) is 0 Å². The lowest BCUT2D eigenvalue weighted by atomic mass is 9.93. The van der Waals surface area contributed by atoms with E-state index in [9.17, 15) is 18.4 Å². The van der Waals surface area contributed by atoms with Crippen molar-refractivity contribution < 1.29 is 13.2 Å². The van der Waals surface area contributed by atoms with Gasteiger partial charge < -0.3 is 4.98 Å². The van der Waals surface area contributed by atoms with E-state index in [-0.39, 0.29) is 17.0 Å². The zero-order chi connectivity index (χ0) is 21.5. The second kappa shape index (κ2) is 7.10. The highest BCUT2D eigenvalue weighted by Crippen LogP contribution is 2.42. The maximum absolute atomic E-state index is 13.6. The van der Waals surface area contributed by atoms with Gasteiger partial charge in [0.2, 0.25) is 0 Å². The van der Waals surface area contributed by atoms with Crippen LogP contribution < -0.4 is 0 Å². The Morgan fingerprint density at radius 2 is 1.62 bits per heavy atom. The number of aliphatic imine (C=N–C) groups is 1. The third kappa shape index (κ3) is 3.36. The van der Waals surface area contributed by atoms with Gasteiger partial charge >= 0.3 is 6.18 Å². The van der Waals surface area contributed by atoms with Crippen LogP contribution in [0.4, 0.5) is 13.2 Å². The minimum atomic E-state index is -4.52. The van der Waals surface area contributed by atoms with E-state index in [1.165, 1.54) is 13.8 Å². The van der Waals surface area contributed by atoms with Gasteiger partial charge in [0, 0.05) is 11.3 Å². The number of nitriles is 2. The molecule has 0 saturated carbocycles. The van der Waals surface area contributed by atoms with Crippen molar-refractivity contribution in [1.82, 2.24) is 4.98 Å². The summed E-state index contributed by atoms with van der Waals surface area (Å²) in [5.41, 5.74) is 3.14. The van der Waals surface area contributed by atoms with Crippen molar-refractivity contribution in [3.63, 3.8) is 0 Å². The molecule has 0 amide bonds. The lowest BCUT2D eigenvalue weighted by Gasteiger charge is -2.13. The maximum atomic E-state index is 13.6. The first-order valence-corrected chi connectivity index (χ1v) is 8.78. The number of hydrogen-bond donors (Lipinski definition) is 1. The van der Waals surface area contributed by atoms with Crippen molar-refractivity contribution in [2.24, 2.45) is 4.99 Å². The van der Waals surface area contributed by atoms with E-state index in [0.29, 0.717) is 39.2 Å². The van der Waals surface area contributed by atoms with Crippen molar-refractivity contribution in [1.29, 1.82) is 10.5 Å². The molecule has 1 aliphatic heterocycles. The zero-order valence-electron chi connectivity index (χ0n) is 16.3. The Balaban J connectivity index is 2.40. The fraction of sp³-hybridized carbons (Fsp3) is 0.227. The summed E-state index contributed by atoms with van der Waals surface area (Å²) < 4.78 is 40.7. The predicted octanol–water partition coefficient (Wildman–Crippen LogP) is 5.49. The van der Waals surface area contributed by atoms with E-state index in [4.69, 9.17) is 5.26 Å². The fourth-order valence-corrected chi connectivity index (χ4v) is 3.64. The standard InChI is InChI=1S/C22H17F3N4/c1-11-17(10-27)13(3)28-20(11)18(16-7-5-15(9-26)6-8-16)21-12(2)19(14(4)29-21)22(23,24)25/h5-8,28H,1-4H3/b21-18-. The molecule has 0 unspecified atom stereocenters. The number of hydrogen-bond acceptors (Lipinski definition) is 3. The highest BCUT2D eigenvalue weighted by Gasteiger charge is 2.41. The molecule has 1 aliphatic rings. The van der Waals surface area contributed by atoms with E-state index in [0.717, 1.165) is 0 Å². The lowest BCUT2D eigenvalue weighted by molar-refractivity contribution is -0.0864. The number of H-pyrrole nitrogens is 1. The first-order chi connectivity index (χ1) is 13.6. The summed E-state index contributed by atoms with van der Waals surface area (Å²) in [6.07, 6.45) is -4.52. The molecule has 0 fully saturated rings. The summed E-state index contributed by atoms with van der Waals surface area (Å²) in [6.45, 7) is 6.22. The third-order valence-electron chi connectivity index (χ3n) is 4.99. The first-order valence-electron chi connectivity index (χ1n) is 8.78. The molecule has 0 spiro atoms. The Hall–Kier alpha value is -3.58. The monoisotopic (exact) mass is 394 g/mol. The number of aromatic nitrogens is 1. The smallest absolute Gasteiger partial charge is 0.357 e. The summed E-state index contributed by atoms with van der Waals surface area (Å²) in [7, 11) is 0. The van der Waals surface area contributed by atoms with Crippen LogP contribution in [0.5, 0.6) is 0 Å². The van der Waals surface area contributed by atoms with Crippen molar-refractivity contribution >= 4 is 11.3 Å². The molecule has 29 heavy (non-hydrogen) atoms. The minimum absolute atomic E-state index is 0.0273. The first kappa shape index (κ1) is 20.2. The molecule has 1 aromatic heterocycles. The van der Waals surface area contributed by atoms with Crippen molar-refractivity contribution in [3.05, 3.63) is 74.8 Å². The maximum Gasteiger partial charge on any atom is 0.418 e. The normalized spacial score (nSPS) is 15.8. The molecule has 0 saturated heterocycles. The molecular formula is C22H17F3N4. The second-order valence-electron chi connectivity index (χ2n) is 6.84. The summed E-state index contributed by atoms with van der Waals surface area (Å²) in [4.78, 5) is 7.39. The van der Waals surface area contributed by atoms with Crippen LogP contribution in [0.2, 0.25) is 0 Å². The van der Waals surface area contributed by atoms with E-state index in [1.807, 2.05) is 6.07 Å². The van der Waals surface area contributed by atoms with Crippen molar-refractivity contribution in [2.75, 3.05) is 0 Å². The lowest BCUT2D eigenvalue weighted by Crippen LogP contribution is -2.17. The topological polar surface area (TPSA) is 75.7 Å². The second-order valence-corrected chi connectivity index (χ2v) is 6.84. The Bertz CT molecular complexity index is 1170. The molecule has 1 aromatic carbocycles. The Morgan fingerprint density at radius 1 is 1.00 bits per heavy atom. The van der Waals surface area contributed by atoms with Gasteiger partial charge in [-0.05, 0) is 56.5 Å². The van der Waals surface area contributed by atoms with Gasteiger partial charge in [0.15, 0.2) is 0 Å². The van der Waals surface area contributed by atoms with Crippen LogP contribution in [-0.4, -0.2) is 16.9 Å². The van der Waals surface area contributed by atoms with Gasteiger partial charge in [-0.3, -0.25) is 4.99 Å². The van der Waals surface area contributed by atoms with E-state index < -0.39 is 11.7 Å². The van der Waals surface area contributed by atoms with Crippen LogP contribution in [0, 0.1) is 36.5 Å².